The molecular formula is C14H20ClN3O. The van der Waals surface area contributed by atoms with Crippen molar-refractivity contribution in [2.45, 2.75) is 38.6 Å². The Morgan fingerprint density at radius 3 is 3.00 bits per heavy atom. The zero-order valence-electron chi connectivity index (χ0n) is 11.1. The number of hydrogen-bond donors (Lipinski definition) is 2. The summed E-state index contributed by atoms with van der Waals surface area (Å²) in [5.41, 5.74) is 11.6. The number of halogens is 1. The highest BCUT2D eigenvalue weighted by Crippen LogP contribution is 2.39. The number of aryl methyl sites for hydroxylation is 1. The largest absolute Gasteiger partial charge is 0.408 e. The van der Waals surface area contributed by atoms with Gasteiger partial charge in [-0.15, -0.1) is 12.4 Å². The molecule has 1 aromatic carbocycles. The predicted octanol–water partition coefficient (Wildman–Crippen LogP) is 2.36. The van der Waals surface area contributed by atoms with Gasteiger partial charge in [0.05, 0.1) is 0 Å². The minimum Gasteiger partial charge on any atom is -0.408 e. The number of benzene rings is 1. The van der Waals surface area contributed by atoms with Crippen LogP contribution in [0.25, 0.3) is 0 Å². The Balaban J connectivity index is 0.00000133. The molecule has 2 aliphatic rings. The molecule has 0 aromatic heterocycles. The summed E-state index contributed by atoms with van der Waals surface area (Å²) in [7, 11) is 0. The first-order valence-corrected chi connectivity index (χ1v) is 6.54. The molecule has 1 aromatic rings. The van der Waals surface area contributed by atoms with Gasteiger partial charge >= 0.3 is 0 Å². The Kier molecular flexibility index (Phi) is 3.90. The average Bonchev–Trinajstić information content (AvgIpc) is 2.41. The molecule has 104 valence electrons. The van der Waals surface area contributed by atoms with E-state index in [0.717, 1.165) is 13.1 Å². The van der Waals surface area contributed by atoms with E-state index in [1.165, 1.54) is 30.4 Å². The molecule has 19 heavy (non-hydrogen) atoms. The van der Waals surface area contributed by atoms with Crippen LogP contribution in [0.2, 0.25) is 0 Å². The molecule has 0 bridgehead atoms. The van der Waals surface area contributed by atoms with Crippen LogP contribution >= 0.6 is 12.4 Å². The summed E-state index contributed by atoms with van der Waals surface area (Å²) in [5, 5.41) is 12.0. The molecule has 0 saturated heterocycles. The first kappa shape index (κ1) is 14.0. The van der Waals surface area contributed by atoms with Crippen LogP contribution in [0.1, 0.15) is 41.0 Å². The highest BCUT2D eigenvalue weighted by molar-refractivity contribution is 5.85. The fourth-order valence-electron chi connectivity index (χ4n) is 3.43. The maximum absolute atomic E-state index is 8.83. The van der Waals surface area contributed by atoms with Crippen molar-refractivity contribution in [2.24, 2.45) is 10.9 Å². The minimum absolute atomic E-state index is 0. The highest BCUT2D eigenvalue weighted by atomic mass is 35.5. The first-order chi connectivity index (χ1) is 8.70. The number of hydrogen-bond acceptors (Lipinski definition) is 2. The van der Waals surface area contributed by atoms with Gasteiger partial charge in [-0.1, -0.05) is 17.3 Å². The van der Waals surface area contributed by atoms with Crippen LogP contribution in [0.5, 0.6) is 0 Å². The molecule has 1 aliphatic heterocycles. The lowest BCUT2D eigenvalue weighted by Gasteiger charge is -2.39. The van der Waals surface area contributed by atoms with Gasteiger partial charge in [-0.2, -0.15) is 0 Å². The minimum atomic E-state index is 0. The summed E-state index contributed by atoms with van der Waals surface area (Å²) in [4.78, 5) is 1.97. The molecule has 5 heteroatoms. The van der Waals surface area contributed by atoms with Gasteiger partial charge in [0, 0.05) is 19.0 Å². The first-order valence-electron chi connectivity index (χ1n) is 6.54. The van der Waals surface area contributed by atoms with Crippen molar-refractivity contribution in [3.8, 4) is 0 Å². The average molecular weight is 282 g/mol. The lowest BCUT2D eigenvalue weighted by molar-refractivity contribution is 0.278. The SMILES string of the molecule is Cc1ccc2c3c1CCCC3CN(C(N)=NO)C2.Cl. The van der Waals surface area contributed by atoms with Crippen molar-refractivity contribution in [1.29, 1.82) is 0 Å². The standard InChI is InChI=1S/C14H19N3O.ClH/c1-9-5-6-11-8-17(14(15)16-18)7-10-3-2-4-12(9)13(10)11;/h5-6,10,18H,2-4,7-8H2,1H3,(H2,15,16);1H. The van der Waals surface area contributed by atoms with Crippen LogP contribution in [0.4, 0.5) is 0 Å². The van der Waals surface area contributed by atoms with Gasteiger partial charge in [-0.05, 0) is 48.4 Å². The molecule has 1 atom stereocenters. The molecule has 1 heterocycles. The van der Waals surface area contributed by atoms with Gasteiger partial charge in [-0.3, -0.25) is 0 Å². The summed E-state index contributed by atoms with van der Waals surface area (Å²) < 4.78 is 0. The monoisotopic (exact) mass is 281 g/mol. The number of nitrogens with zero attached hydrogens (tertiary/aromatic N) is 2. The Hall–Kier alpha value is -1.42. The van der Waals surface area contributed by atoms with E-state index in [1.54, 1.807) is 11.1 Å². The van der Waals surface area contributed by atoms with Crippen LogP contribution in [0.15, 0.2) is 17.3 Å². The third-order valence-electron chi connectivity index (χ3n) is 4.30. The number of guanidine groups is 1. The van der Waals surface area contributed by atoms with E-state index in [-0.39, 0.29) is 18.4 Å². The maximum Gasteiger partial charge on any atom is 0.233 e. The zero-order chi connectivity index (χ0) is 12.7. The smallest absolute Gasteiger partial charge is 0.233 e. The molecule has 0 amide bonds. The van der Waals surface area contributed by atoms with Crippen LogP contribution in [-0.2, 0) is 13.0 Å². The van der Waals surface area contributed by atoms with E-state index in [0.29, 0.717) is 5.92 Å². The van der Waals surface area contributed by atoms with Crippen molar-refractivity contribution in [2.75, 3.05) is 6.54 Å². The second-order valence-electron chi connectivity index (χ2n) is 5.36. The summed E-state index contributed by atoms with van der Waals surface area (Å²) in [6.45, 7) is 3.84. The van der Waals surface area contributed by atoms with Gasteiger partial charge < -0.3 is 15.8 Å². The summed E-state index contributed by atoms with van der Waals surface area (Å²) in [5.74, 6) is 0.769. The van der Waals surface area contributed by atoms with Gasteiger partial charge in [0.2, 0.25) is 5.96 Å². The molecule has 0 spiro atoms. The van der Waals surface area contributed by atoms with Crippen molar-refractivity contribution in [1.82, 2.24) is 4.90 Å². The lowest BCUT2D eigenvalue weighted by atomic mass is 9.76. The second kappa shape index (κ2) is 5.29. The lowest BCUT2D eigenvalue weighted by Crippen LogP contribution is -2.43. The zero-order valence-corrected chi connectivity index (χ0v) is 11.9. The number of oxime groups is 1. The molecule has 0 radical (unpaired) electrons. The molecular weight excluding hydrogens is 262 g/mol. The van der Waals surface area contributed by atoms with Crippen molar-refractivity contribution in [3.63, 3.8) is 0 Å². The van der Waals surface area contributed by atoms with E-state index >= 15 is 0 Å². The van der Waals surface area contributed by atoms with E-state index < -0.39 is 0 Å². The van der Waals surface area contributed by atoms with Crippen molar-refractivity contribution in [3.05, 3.63) is 34.4 Å². The number of nitrogens with two attached hydrogens (primary N) is 1. The second-order valence-corrected chi connectivity index (χ2v) is 5.36. The Bertz CT molecular complexity index is 516. The summed E-state index contributed by atoms with van der Waals surface area (Å²) >= 11 is 0. The molecule has 0 fully saturated rings. The van der Waals surface area contributed by atoms with E-state index in [9.17, 15) is 0 Å². The topological polar surface area (TPSA) is 61.8 Å². The predicted molar refractivity (Wildman–Crippen MR) is 77.9 cm³/mol. The molecule has 4 nitrogen and oxygen atoms in total. The maximum atomic E-state index is 8.83. The molecule has 0 saturated carbocycles. The van der Waals surface area contributed by atoms with Crippen LogP contribution in [0, 0.1) is 6.92 Å². The molecule has 1 aliphatic carbocycles. The molecule has 1 unspecified atom stereocenters. The van der Waals surface area contributed by atoms with Crippen LogP contribution in [-0.4, -0.2) is 22.6 Å². The van der Waals surface area contributed by atoms with Gasteiger partial charge in [0.15, 0.2) is 0 Å². The van der Waals surface area contributed by atoms with Crippen LogP contribution in [0.3, 0.4) is 0 Å². The Labute approximate surface area is 119 Å². The molecule has 3 N–H and O–H groups in total. The van der Waals surface area contributed by atoms with Gasteiger partial charge in [0.1, 0.15) is 0 Å². The summed E-state index contributed by atoms with van der Waals surface area (Å²) in [6, 6.07) is 4.40. The van der Waals surface area contributed by atoms with E-state index in [4.69, 9.17) is 10.9 Å². The molecule has 3 rings (SSSR count). The van der Waals surface area contributed by atoms with Gasteiger partial charge in [0.25, 0.3) is 0 Å². The number of rotatable bonds is 0. The fourth-order valence-corrected chi connectivity index (χ4v) is 3.43. The van der Waals surface area contributed by atoms with Crippen molar-refractivity contribution >= 4 is 18.4 Å². The van der Waals surface area contributed by atoms with E-state index in [2.05, 4.69) is 24.2 Å². The van der Waals surface area contributed by atoms with Crippen molar-refractivity contribution < 1.29 is 5.21 Å². The van der Waals surface area contributed by atoms with Crippen LogP contribution < -0.4 is 5.73 Å². The quantitative estimate of drug-likeness (QED) is 0.332. The summed E-state index contributed by atoms with van der Waals surface area (Å²) in [6.07, 6.45) is 3.65. The third-order valence-corrected chi connectivity index (χ3v) is 4.30. The fraction of sp³-hybridized carbons (Fsp3) is 0.500. The van der Waals surface area contributed by atoms with Gasteiger partial charge in [-0.25, -0.2) is 0 Å². The third kappa shape index (κ3) is 2.25. The Morgan fingerprint density at radius 1 is 1.47 bits per heavy atom. The van der Waals surface area contributed by atoms with E-state index in [1.807, 2.05) is 4.90 Å². The highest BCUT2D eigenvalue weighted by Gasteiger charge is 2.31. The Morgan fingerprint density at radius 2 is 2.26 bits per heavy atom. The normalized spacial score (nSPS) is 21.6.